The zero-order valence-corrected chi connectivity index (χ0v) is 11.6. The lowest BCUT2D eigenvalue weighted by molar-refractivity contribution is 0.194. The van der Waals surface area contributed by atoms with E-state index in [0.717, 1.165) is 22.6 Å². The van der Waals surface area contributed by atoms with Gasteiger partial charge in [0.1, 0.15) is 11.4 Å². The molecule has 0 aliphatic carbocycles. The maximum atomic E-state index is 9.42. The van der Waals surface area contributed by atoms with Crippen LogP contribution in [0.15, 0.2) is 12.4 Å². The Balaban J connectivity index is 2.28. The zero-order chi connectivity index (χ0) is 14.0. The Morgan fingerprint density at radius 1 is 1.42 bits per heavy atom. The highest BCUT2D eigenvalue weighted by molar-refractivity contribution is 5.41. The quantitative estimate of drug-likeness (QED) is 0.901. The van der Waals surface area contributed by atoms with Gasteiger partial charge in [-0.25, -0.2) is 4.68 Å². The number of ether oxygens (including phenoxy) is 1. The van der Waals surface area contributed by atoms with Crippen molar-refractivity contribution in [3.63, 3.8) is 0 Å². The first kappa shape index (κ1) is 13.5. The fraction of sp³-hybridized carbons (Fsp3) is 0.462. The number of hydrogen-bond donors (Lipinski definition) is 1. The second-order valence-corrected chi connectivity index (χ2v) is 4.56. The number of aromatic nitrogens is 4. The summed E-state index contributed by atoms with van der Waals surface area (Å²) in [6.45, 7) is 6.10. The molecule has 0 saturated heterocycles. The van der Waals surface area contributed by atoms with E-state index >= 15 is 0 Å². The van der Waals surface area contributed by atoms with Gasteiger partial charge in [-0.2, -0.15) is 0 Å². The molecule has 19 heavy (non-hydrogen) atoms. The highest BCUT2D eigenvalue weighted by atomic mass is 16.5. The smallest absolute Gasteiger partial charge is 0.128 e. The summed E-state index contributed by atoms with van der Waals surface area (Å²) in [7, 11) is 1.65. The standard InChI is InChI=1S/C13H18N4O2/c1-8-5-14-11(9(2)13(8)19-4)6-17-7-12(10(3)18)15-16-17/h5,7,10,18H,6H2,1-4H3. The molecular weight excluding hydrogens is 244 g/mol. The molecular formula is C13H18N4O2. The Morgan fingerprint density at radius 2 is 2.16 bits per heavy atom. The van der Waals surface area contributed by atoms with Gasteiger partial charge < -0.3 is 9.84 Å². The van der Waals surface area contributed by atoms with E-state index in [1.807, 2.05) is 13.8 Å². The topological polar surface area (TPSA) is 73.1 Å². The molecule has 2 aromatic rings. The second-order valence-electron chi connectivity index (χ2n) is 4.56. The lowest BCUT2D eigenvalue weighted by Gasteiger charge is -2.11. The summed E-state index contributed by atoms with van der Waals surface area (Å²) in [5.74, 6) is 0.848. The lowest BCUT2D eigenvalue weighted by Crippen LogP contribution is -2.06. The van der Waals surface area contributed by atoms with E-state index < -0.39 is 6.10 Å². The summed E-state index contributed by atoms with van der Waals surface area (Å²) in [5, 5.41) is 17.3. The number of rotatable bonds is 4. The van der Waals surface area contributed by atoms with Crippen LogP contribution in [0.3, 0.4) is 0 Å². The molecule has 0 aliphatic rings. The van der Waals surface area contributed by atoms with Crippen LogP contribution in [-0.2, 0) is 6.54 Å². The summed E-state index contributed by atoms with van der Waals surface area (Å²) < 4.78 is 7.03. The number of aryl methyl sites for hydroxylation is 1. The first-order valence-electron chi connectivity index (χ1n) is 6.10. The van der Waals surface area contributed by atoms with Crippen LogP contribution in [0.4, 0.5) is 0 Å². The highest BCUT2D eigenvalue weighted by Crippen LogP contribution is 2.24. The Bertz CT molecular complexity index is 578. The minimum absolute atomic E-state index is 0.502. The van der Waals surface area contributed by atoms with Gasteiger partial charge in [0.15, 0.2) is 0 Å². The van der Waals surface area contributed by atoms with E-state index in [9.17, 15) is 5.11 Å². The normalized spacial score (nSPS) is 12.5. The van der Waals surface area contributed by atoms with Crippen molar-refractivity contribution in [1.29, 1.82) is 0 Å². The molecule has 0 bridgehead atoms. The molecule has 0 aliphatic heterocycles. The zero-order valence-electron chi connectivity index (χ0n) is 11.6. The fourth-order valence-electron chi connectivity index (χ4n) is 1.97. The third-order valence-electron chi connectivity index (χ3n) is 3.05. The Kier molecular flexibility index (Phi) is 3.80. The molecule has 0 radical (unpaired) electrons. The van der Waals surface area contributed by atoms with E-state index in [0.29, 0.717) is 12.2 Å². The van der Waals surface area contributed by atoms with Gasteiger partial charge in [-0.15, -0.1) is 5.10 Å². The Hall–Kier alpha value is -1.95. The molecule has 6 heteroatoms. The van der Waals surface area contributed by atoms with Crippen molar-refractivity contribution in [3.05, 3.63) is 34.9 Å². The van der Waals surface area contributed by atoms with Gasteiger partial charge in [-0.3, -0.25) is 4.98 Å². The van der Waals surface area contributed by atoms with E-state index in [2.05, 4.69) is 15.3 Å². The van der Waals surface area contributed by atoms with E-state index in [-0.39, 0.29) is 0 Å². The average Bonchev–Trinajstić information content (AvgIpc) is 2.82. The molecule has 1 N–H and O–H groups in total. The number of nitrogens with zero attached hydrogens (tertiary/aromatic N) is 4. The first-order chi connectivity index (χ1) is 9.02. The van der Waals surface area contributed by atoms with Crippen LogP contribution in [-0.4, -0.2) is 32.2 Å². The highest BCUT2D eigenvalue weighted by Gasteiger charge is 2.12. The van der Waals surface area contributed by atoms with Gasteiger partial charge >= 0.3 is 0 Å². The second kappa shape index (κ2) is 5.36. The molecule has 0 amide bonds. The molecule has 0 spiro atoms. The Morgan fingerprint density at radius 3 is 2.74 bits per heavy atom. The summed E-state index contributed by atoms with van der Waals surface area (Å²) in [6, 6.07) is 0. The predicted octanol–water partition coefficient (Wildman–Crippen LogP) is 1.40. The van der Waals surface area contributed by atoms with Crippen LogP contribution in [0.1, 0.15) is 35.5 Å². The number of hydrogen-bond acceptors (Lipinski definition) is 5. The van der Waals surface area contributed by atoms with Gasteiger partial charge in [0.2, 0.25) is 0 Å². The third-order valence-corrected chi connectivity index (χ3v) is 3.05. The van der Waals surface area contributed by atoms with Crippen molar-refractivity contribution in [3.8, 4) is 5.75 Å². The molecule has 2 rings (SSSR count). The summed E-state index contributed by atoms with van der Waals surface area (Å²) in [5.41, 5.74) is 3.44. The van der Waals surface area contributed by atoms with Crippen LogP contribution in [0.5, 0.6) is 5.75 Å². The number of methoxy groups -OCH3 is 1. The van der Waals surface area contributed by atoms with Crippen molar-refractivity contribution in [2.24, 2.45) is 0 Å². The molecule has 1 atom stereocenters. The first-order valence-corrected chi connectivity index (χ1v) is 6.10. The monoisotopic (exact) mass is 262 g/mol. The van der Waals surface area contributed by atoms with Crippen LogP contribution in [0, 0.1) is 13.8 Å². The number of aliphatic hydroxyl groups is 1. The number of aliphatic hydroxyl groups excluding tert-OH is 1. The summed E-state index contributed by atoms with van der Waals surface area (Å²) in [4.78, 5) is 4.40. The maximum Gasteiger partial charge on any atom is 0.128 e. The van der Waals surface area contributed by atoms with E-state index in [1.54, 1.807) is 31.1 Å². The SMILES string of the molecule is COc1c(C)cnc(Cn2cc(C(C)O)nn2)c1C. The van der Waals surface area contributed by atoms with Gasteiger partial charge in [-0.05, 0) is 20.8 Å². The third kappa shape index (κ3) is 2.73. The summed E-state index contributed by atoms with van der Waals surface area (Å²) in [6.07, 6.45) is 2.89. The maximum absolute atomic E-state index is 9.42. The average molecular weight is 262 g/mol. The summed E-state index contributed by atoms with van der Waals surface area (Å²) >= 11 is 0. The minimum atomic E-state index is -0.615. The number of pyridine rings is 1. The van der Waals surface area contributed by atoms with Crippen molar-refractivity contribution in [2.75, 3.05) is 7.11 Å². The lowest BCUT2D eigenvalue weighted by atomic mass is 10.1. The van der Waals surface area contributed by atoms with Crippen LogP contribution >= 0.6 is 0 Å². The fourth-order valence-corrected chi connectivity index (χ4v) is 1.97. The van der Waals surface area contributed by atoms with E-state index in [1.165, 1.54) is 0 Å². The van der Waals surface area contributed by atoms with Crippen molar-refractivity contribution >= 4 is 0 Å². The van der Waals surface area contributed by atoms with Crippen LogP contribution < -0.4 is 4.74 Å². The molecule has 0 saturated carbocycles. The van der Waals surface area contributed by atoms with E-state index in [4.69, 9.17) is 4.74 Å². The van der Waals surface area contributed by atoms with Crippen LogP contribution in [0.2, 0.25) is 0 Å². The van der Waals surface area contributed by atoms with Gasteiger partial charge in [0.25, 0.3) is 0 Å². The molecule has 0 aromatic carbocycles. The van der Waals surface area contributed by atoms with Crippen molar-refractivity contribution < 1.29 is 9.84 Å². The molecule has 6 nitrogen and oxygen atoms in total. The molecule has 102 valence electrons. The van der Waals surface area contributed by atoms with Gasteiger partial charge in [-0.1, -0.05) is 5.21 Å². The van der Waals surface area contributed by atoms with Crippen molar-refractivity contribution in [2.45, 2.75) is 33.4 Å². The largest absolute Gasteiger partial charge is 0.496 e. The molecule has 2 aromatic heterocycles. The molecule has 1 unspecified atom stereocenters. The van der Waals surface area contributed by atoms with Crippen molar-refractivity contribution in [1.82, 2.24) is 20.0 Å². The minimum Gasteiger partial charge on any atom is -0.496 e. The molecule has 0 fully saturated rings. The van der Waals surface area contributed by atoms with Crippen LogP contribution in [0.25, 0.3) is 0 Å². The van der Waals surface area contributed by atoms with Gasteiger partial charge in [0.05, 0.1) is 31.6 Å². The predicted molar refractivity (Wildman–Crippen MR) is 70.0 cm³/mol. The molecule has 2 heterocycles. The Labute approximate surface area is 112 Å². The van der Waals surface area contributed by atoms with Gasteiger partial charge in [0, 0.05) is 17.3 Å².